The Morgan fingerprint density at radius 2 is 0.597 bits per heavy atom. The number of rotatable bonds is 44. The van der Waals surface area contributed by atoms with E-state index in [9.17, 15) is 29.4 Å². The molecule has 0 radical (unpaired) electrons. The van der Waals surface area contributed by atoms with Crippen LogP contribution in [0.15, 0.2) is 240 Å². The summed E-state index contributed by atoms with van der Waals surface area (Å²) in [5.41, 5.74) is 12.2. The van der Waals surface area contributed by atoms with Crippen LogP contribution in [0, 0.1) is 0 Å². The van der Waals surface area contributed by atoms with Gasteiger partial charge in [0, 0.05) is 77.2 Å². The number of Topliss-reactive ketones (excluding diaryl/α,β-unsaturated/α-hetero) is 2. The highest BCUT2D eigenvalue weighted by Crippen LogP contribution is 2.48. The standard InChI is InChI=1S/C58H68B2N4O4.C54H56B2N4O6/c1-3-5-7-9-11-13-14-16-18-20-40-68-46-35-31-44(32-36-46)60-62-50-26-22-24-42-28-38-48(56(64-60)52(42)50)54-57(65)53(58(54)66)47-37-27-41-23-21-25-49-51(41)55(47)63-59(61-49)43-29-33-45(34-30-43)67-39-19-17-15-12-10-8-6-4-2;1-3-5-7-9-11-13-33-65-53(63)37-21-27-39(28-22-37)55-57-43-19-15-17-35-25-31-41(49(59-55)45(35)43)47-51(61)48(52(47)62)42-32-26-36-18-16-20-44-46(36)50(42)60-56(58-44)40-29-23-38(24-30-40)54(64)66-34-14-12-10-8-6-4-2/h21-38,61-63,65H,3-20,39-40H2,1-2H3;15-32,57-59,61H,3-14,33-34H2,1-2H3. The second-order valence-electron chi connectivity index (χ2n) is 36.7. The number of aliphatic hydroxyl groups excluding tert-OH is 2. The number of esters is 2. The SMILES string of the molecule is CCCCCCCCCCCCOc1ccc(B2N=c3c(=C4C(=O)C(c5ccc6cccc7c6c5NB(c5ccc(OCCCCCCCCCC)cc5)N7)=C4O)ccc4cccc(c34)N2)cc1.CCCCCCCCOC(=O)c1ccc(B2N=c3c(=C4C(=O)C(c5ccc6cccc7c6c5NB(c5ccc(C(=O)OCCCCCCCC)cc5)N7)=C4O)ccc4cccc(c34)N2)cc1. The molecule has 0 saturated heterocycles. The van der Waals surface area contributed by atoms with Crippen LogP contribution in [0.5, 0.6) is 11.5 Å². The van der Waals surface area contributed by atoms with Gasteiger partial charge in [0.1, 0.15) is 23.0 Å². The summed E-state index contributed by atoms with van der Waals surface area (Å²) >= 11 is 0. The van der Waals surface area contributed by atoms with Crippen molar-refractivity contribution in [2.24, 2.45) is 9.81 Å². The topological polar surface area (TPSA) is 243 Å². The lowest BCUT2D eigenvalue weighted by molar-refractivity contribution is -0.110. The predicted octanol–water partition coefficient (Wildman–Crippen LogP) is 21.6. The zero-order valence-corrected chi connectivity index (χ0v) is 78.2. The van der Waals surface area contributed by atoms with Crippen LogP contribution in [0.2, 0.25) is 0 Å². The largest absolute Gasteiger partial charge is 0.506 e. The molecule has 0 amide bonds. The fourth-order valence-electron chi connectivity index (χ4n) is 19.7. The Morgan fingerprint density at radius 3 is 0.948 bits per heavy atom. The van der Waals surface area contributed by atoms with Gasteiger partial charge in [-0.05, 0) is 142 Å². The number of nitrogens with zero attached hydrogens (tertiary/aromatic N) is 2. The first kappa shape index (κ1) is 92.9. The third kappa shape index (κ3) is 21.0. The summed E-state index contributed by atoms with van der Waals surface area (Å²) in [6.07, 6.45) is 36.5. The maximum absolute atomic E-state index is 14.6. The van der Waals surface area contributed by atoms with E-state index in [1.54, 1.807) is 24.3 Å². The molecule has 18 rings (SSSR count). The molecule has 4 aliphatic heterocycles. The van der Waals surface area contributed by atoms with Crippen LogP contribution in [0.1, 0.15) is 252 Å². The fourth-order valence-corrected chi connectivity index (χ4v) is 19.7. The van der Waals surface area contributed by atoms with Crippen LogP contribution < -0.4 is 83.8 Å². The third-order valence-electron chi connectivity index (χ3n) is 27.2. The molecule has 6 aliphatic rings. The molecule has 0 saturated carbocycles. The highest BCUT2D eigenvalue weighted by atomic mass is 16.5. The van der Waals surface area contributed by atoms with Gasteiger partial charge in [0.2, 0.25) is 11.6 Å². The summed E-state index contributed by atoms with van der Waals surface area (Å²) in [5.74, 6) is 0.458. The lowest BCUT2D eigenvalue weighted by Crippen LogP contribution is -2.48. The molecule has 0 bridgehead atoms. The van der Waals surface area contributed by atoms with Gasteiger partial charge in [-0.15, -0.1) is 0 Å². The van der Waals surface area contributed by atoms with E-state index in [4.69, 9.17) is 28.8 Å². The van der Waals surface area contributed by atoms with Gasteiger partial charge in [0.05, 0.1) is 70.6 Å². The third-order valence-corrected chi connectivity index (χ3v) is 27.2. The summed E-state index contributed by atoms with van der Waals surface area (Å²) in [4.78, 5) is 65.3. The average molecular weight is 1790 g/mol. The van der Waals surface area contributed by atoms with Crippen LogP contribution in [0.25, 0.3) is 65.4 Å². The molecule has 12 aromatic rings. The van der Waals surface area contributed by atoms with E-state index in [0.29, 0.717) is 74.4 Å². The molecule has 8 N–H and O–H groups in total. The molecule has 684 valence electrons. The van der Waals surface area contributed by atoms with Crippen molar-refractivity contribution in [3.8, 4) is 11.5 Å². The fraction of sp³-hybridized carbons (Fsp3) is 0.339. The average Bonchev–Trinajstić information content (AvgIpc) is 0.715. The van der Waals surface area contributed by atoms with Crippen LogP contribution >= 0.6 is 0 Å². The van der Waals surface area contributed by atoms with E-state index in [2.05, 4.69) is 108 Å². The first-order valence-corrected chi connectivity index (χ1v) is 49.8. The van der Waals surface area contributed by atoms with Crippen molar-refractivity contribution in [2.75, 3.05) is 57.8 Å². The minimum Gasteiger partial charge on any atom is -0.506 e. The highest BCUT2D eigenvalue weighted by molar-refractivity contribution is 6.81. The van der Waals surface area contributed by atoms with Crippen LogP contribution in [-0.4, -0.2) is 88.1 Å². The summed E-state index contributed by atoms with van der Waals surface area (Å²) in [5, 5.41) is 56.1. The maximum Gasteiger partial charge on any atom is 0.427 e. The number of nitrogens with one attached hydrogen (secondary N) is 6. The van der Waals surface area contributed by atoms with Gasteiger partial charge in [0.25, 0.3) is 0 Å². The number of hydrogen-bond acceptors (Lipinski definition) is 18. The molecular formula is C112H124B4N8O10. The predicted molar refractivity (Wildman–Crippen MR) is 555 cm³/mol. The van der Waals surface area contributed by atoms with Crippen molar-refractivity contribution in [1.29, 1.82) is 0 Å². The van der Waals surface area contributed by atoms with Crippen molar-refractivity contribution >= 4 is 173 Å². The first-order chi connectivity index (χ1) is 65.9. The quantitative estimate of drug-likeness (QED) is 0.0101. The van der Waals surface area contributed by atoms with Crippen LogP contribution in [0.3, 0.4) is 0 Å². The van der Waals surface area contributed by atoms with Crippen molar-refractivity contribution in [1.82, 2.24) is 0 Å². The Labute approximate surface area is 789 Å². The molecule has 0 spiro atoms. The van der Waals surface area contributed by atoms with Gasteiger partial charge < -0.3 is 70.3 Å². The Balaban J connectivity index is 0.000000187. The molecule has 0 aromatic heterocycles. The second-order valence-corrected chi connectivity index (χ2v) is 36.7. The number of benzene rings is 12. The number of unbranched alkanes of at least 4 members (excludes halogenated alkanes) is 26. The van der Waals surface area contributed by atoms with E-state index in [-0.39, 0.29) is 60.1 Å². The molecule has 12 aromatic carbocycles. The van der Waals surface area contributed by atoms with E-state index in [1.807, 2.05) is 146 Å². The van der Waals surface area contributed by atoms with Gasteiger partial charge in [0.15, 0.2) is 0 Å². The number of carbonyl (C=O) groups is 4. The number of allylic oxidation sites excluding steroid dienone is 4. The Kier molecular flexibility index (Phi) is 31.0. The summed E-state index contributed by atoms with van der Waals surface area (Å²) in [7, 11) is 0. The number of ketones is 2. The minimum absolute atomic E-state index is 0.0137. The van der Waals surface area contributed by atoms with Gasteiger partial charge in [-0.2, -0.15) is 0 Å². The van der Waals surface area contributed by atoms with Gasteiger partial charge in [-0.25, -0.2) is 9.59 Å². The zero-order valence-electron chi connectivity index (χ0n) is 78.2. The Bertz CT molecular complexity index is 6630. The minimum atomic E-state index is -0.513. The van der Waals surface area contributed by atoms with Crippen molar-refractivity contribution in [3.63, 3.8) is 0 Å². The lowest BCUT2D eigenvalue weighted by atomic mass is 9.65. The molecule has 22 heteroatoms. The van der Waals surface area contributed by atoms with E-state index >= 15 is 0 Å². The lowest BCUT2D eigenvalue weighted by Gasteiger charge is -2.31. The highest BCUT2D eigenvalue weighted by Gasteiger charge is 2.42. The molecule has 0 atom stereocenters. The number of ether oxygens (including phenoxy) is 4. The monoisotopic (exact) mass is 1780 g/mol. The van der Waals surface area contributed by atoms with Crippen LogP contribution in [0.4, 0.5) is 34.1 Å². The Morgan fingerprint density at radius 1 is 0.299 bits per heavy atom. The van der Waals surface area contributed by atoms with Crippen molar-refractivity contribution in [3.05, 3.63) is 273 Å². The normalized spacial score (nSPS) is 14.6. The molecule has 2 aliphatic carbocycles. The summed E-state index contributed by atoms with van der Waals surface area (Å²) in [6, 6.07) is 71.0. The first-order valence-electron chi connectivity index (χ1n) is 49.8. The zero-order chi connectivity index (χ0) is 92.2. The van der Waals surface area contributed by atoms with Crippen LogP contribution in [-0.2, 0) is 19.1 Å². The number of hydrogen-bond donors (Lipinski definition) is 8. The Hall–Kier alpha value is -13.0. The van der Waals surface area contributed by atoms with E-state index < -0.39 is 14.0 Å². The molecule has 18 nitrogen and oxygen atoms in total. The van der Waals surface area contributed by atoms with Gasteiger partial charge >= 0.3 is 39.9 Å². The summed E-state index contributed by atoms with van der Waals surface area (Å²) in [6.45, 7) is 9.60. The van der Waals surface area contributed by atoms with Gasteiger partial charge in [-0.3, -0.25) is 9.59 Å². The van der Waals surface area contributed by atoms with E-state index in [0.717, 1.165) is 169 Å². The molecule has 134 heavy (non-hydrogen) atoms. The van der Waals surface area contributed by atoms with Gasteiger partial charge in [-0.1, -0.05) is 340 Å². The number of aliphatic hydroxyl groups is 2. The van der Waals surface area contributed by atoms with Crippen molar-refractivity contribution in [2.45, 2.75) is 220 Å². The molecule has 4 heterocycles. The molecule has 0 fully saturated rings. The summed E-state index contributed by atoms with van der Waals surface area (Å²) < 4.78 is 23.4. The molecule has 0 unspecified atom stereocenters. The number of carbonyl (C=O) groups excluding carboxylic acids is 4. The second kappa shape index (κ2) is 44.7. The maximum atomic E-state index is 14.6. The smallest absolute Gasteiger partial charge is 0.427 e. The van der Waals surface area contributed by atoms with E-state index in [1.165, 1.54) is 141 Å². The number of anilines is 6. The molecular weight excluding hydrogens is 1660 g/mol. The van der Waals surface area contributed by atoms with Crippen molar-refractivity contribution < 1.29 is 48.3 Å².